The summed E-state index contributed by atoms with van der Waals surface area (Å²) >= 11 is 0. The zero-order valence-electron chi connectivity index (χ0n) is 37.5. The van der Waals surface area contributed by atoms with Crippen LogP contribution in [0.25, 0.3) is 32.3 Å². The van der Waals surface area contributed by atoms with Gasteiger partial charge in [-0.15, -0.1) is 0 Å². The van der Waals surface area contributed by atoms with Crippen molar-refractivity contribution < 1.29 is 0 Å². The molecule has 2 heteroatoms. The Kier molecular flexibility index (Phi) is 8.44. The zero-order valence-corrected chi connectivity index (χ0v) is 37.5. The van der Waals surface area contributed by atoms with Crippen molar-refractivity contribution in [1.29, 1.82) is 0 Å². The van der Waals surface area contributed by atoms with E-state index in [1.54, 1.807) is 0 Å². The molecule has 0 fully saturated rings. The molecule has 0 aliphatic heterocycles. The van der Waals surface area contributed by atoms with E-state index < -0.39 is 0 Å². The fourth-order valence-electron chi connectivity index (χ4n) is 12.2. The van der Waals surface area contributed by atoms with Crippen LogP contribution in [0.5, 0.6) is 0 Å². The van der Waals surface area contributed by atoms with Crippen molar-refractivity contribution in [1.82, 2.24) is 0 Å². The largest absolute Gasteiger partial charge is 0.310 e. The highest BCUT2D eigenvalue weighted by Crippen LogP contribution is 2.51. The Balaban J connectivity index is 1.14. The van der Waals surface area contributed by atoms with E-state index in [2.05, 4.69) is 173 Å². The van der Waals surface area contributed by atoms with Gasteiger partial charge >= 0.3 is 0 Å². The van der Waals surface area contributed by atoms with E-state index in [0.717, 1.165) is 25.7 Å². The number of hydrogen-bond acceptors (Lipinski definition) is 2. The Bertz CT molecular complexity index is 3180. The van der Waals surface area contributed by atoms with Gasteiger partial charge < -0.3 is 9.80 Å². The number of hydrogen-bond donors (Lipinski definition) is 0. The van der Waals surface area contributed by atoms with Crippen LogP contribution in [0.1, 0.15) is 109 Å². The second kappa shape index (κ2) is 13.8. The number of anilines is 6. The molecule has 0 saturated heterocycles. The molecular weight excluding hydrogens is 749 g/mol. The molecule has 0 bridgehead atoms. The summed E-state index contributed by atoms with van der Waals surface area (Å²) in [6, 6.07) is 48.6. The Hall–Kier alpha value is -5.86. The van der Waals surface area contributed by atoms with Gasteiger partial charge in [0.25, 0.3) is 0 Å². The summed E-state index contributed by atoms with van der Waals surface area (Å²) in [5.41, 5.74) is 22.6. The first kappa shape index (κ1) is 37.9. The molecule has 308 valence electrons. The maximum Gasteiger partial charge on any atom is 0.0546 e. The first-order valence-corrected chi connectivity index (χ1v) is 23.5. The lowest BCUT2D eigenvalue weighted by Gasteiger charge is -2.31. The highest BCUT2D eigenvalue weighted by atomic mass is 15.2. The maximum absolute atomic E-state index is 2.60. The lowest BCUT2D eigenvalue weighted by Crippen LogP contribution is -2.14. The molecule has 62 heavy (non-hydrogen) atoms. The Morgan fingerprint density at radius 3 is 1.29 bits per heavy atom. The van der Waals surface area contributed by atoms with E-state index in [-0.39, 0.29) is 10.8 Å². The van der Waals surface area contributed by atoms with Gasteiger partial charge in [0.05, 0.1) is 11.4 Å². The molecule has 0 N–H and O–H groups in total. The monoisotopic (exact) mass is 806 g/mol. The molecule has 12 rings (SSSR count). The molecule has 0 aromatic heterocycles. The molecule has 0 unspecified atom stereocenters. The lowest BCUT2D eigenvalue weighted by molar-refractivity contribution is 0.522. The number of nitrogens with zero attached hydrogens (tertiary/aromatic N) is 2. The first-order valence-electron chi connectivity index (χ1n) is 23.5. The van der Waals surface area contributed by atoms with Crippen LogP contribution in [0.4, 0.5) is 34.1 Å². The predicted molar refractivity (Wildman–Crippen MR) is 265 cm³/mol. The van der Waals surface area contributed by atoms with Gasteiger partial charge in [-0.1, -0.05) is 82.3 Å². The minimum Gasteiger partial charge on any atom is -0.310 e. The van der Waals surface area contributed by atoms with Crippen LogP contribution in [0.2, 0.25) is 0 Å². The molecule has 0 amide bonds. The molecule has 4 aliphatic carbocycles. The van der Waals surface area contributed by atoms with E-state index in [4.69, 9.17) is 0 Å². The van der Waals surface area contributed by atoms with Crippen LogP contribution in [0.15, 0.2) is 121 Å². The SMILES string of the molecule is Cc1cc2c(N(c3ccc4c(c3)CCC4)c3ccc4c(c3)CCC4(C)C)cc3c4ccccc4c(N(c4ccc5c(c4)CCC5)c4ccc5c(c4)CCC5(C)C)cc3c2cc1C. The number of rotatable bonds is 6. The summed E-state index contributed by atoms with van der Waals surface area (Å²) in [4.78, 5) is 5.20. The summed E-state index contributed by atoms with van der Waals surface area (Å²) in [5.74, 6) is 0. The van der Waals surface area contributed by atoms with Crippen LogP contribution in [0.3, 0.4) is 0 Å². The lowest BCUT2D eigenvalue weighted by atomic mass is 9.86. The van der Waals surface area contributed by atoms with Gasteiger partial charge in [0.2, 0.25) is 0 Å². The van der Waals surface area contributed by atoms with Gasteiger partial charge in [0.1, 0.15) is 0 Å². The summed E-state index contributed by atoms with van der Waals surface area (Å²) in [6.45, 7) is 14.2. The molecular formula is C60H58N2. The van der Waals surface area contributed by atoms with E-state index in [1.807, 2.05) is 0 Å². The van der Waals surface area contributed by atoms with Crippen LogP contribution in [-0.2, 0) is 49.4 Å². The molecule has 0 radical (unpaired) electrons. The average molecular weight is 807 g/mol. The average Bonchev–Trinajstić information content (AvgIpc) is 4.07. The summed E-state index contributed by atoms with van der Waals surface area (Å²) in [6.07, 6.45) is 11.8. The summed E-state index contributed by atoms with van der Waals surface area (Å²) in [7, 11) is 0. The smallest absolute Gasteiger partial charge is 0.0546 e. The highest BCUT2D eigenvalue weighted by Gasteiger charge is 2.33. The second-order valence-electron chi connectivity index (χ2n) is 20.6. The Labute approximate surface area is 368 Å². The fourth-order valence-corrected chi connectivity index (χ4v) is 12.2. The van der Waals surface area contributed by atoms with Crippen LogP contribution < -0.4 is 9.80 Å². The molecule has 4 aliphatic rings. The van der Waals surface area contributed by atoms with Gasteiger partial charge in [-0.25, -0.2) is 0 Å². The van der Waals surface area contributed by atoms with Crippen molar-refractivity contribution in [2.45, 2.75) is 117 Å². The standard InChI is InChI=1S/C60H58N2/c1-37-29-51-53-36-57(61(45-19-17-39-11-9-13-41(39)31-45)47-21-23-55-43(33-47)25-27-59(55,3)4)50-16-8-7-15-49(50)52(53)35-58(54(51)30-38(37)2)62(46-20-18-40-12-10-14-42(40)32-46)48-22-24-56-44(34-48)26-28-60(56,5)6/h7-8,15-24,29-36H,9-14,25-28H2,1-6H3. The molecule has 8 aromatic rings. The maximum atomic E-state index is 2.60. The van der Waals surface area contributed by atoms with E-state index in [9.17, 15) is 0 Å². The van der Waals surface area contributed by atoms with Crippen molar-refractivity contribution in [3.05, 3.63) is 177 Å². The zero-order chi connectivity index (χ0) is 42.1. The molecule has 8 aromatic carbocycles. The van der Waals surface area contributed by atoms with Crippen LogP contribution in [-0.4, -0.2) is 0 Å². The molecule has 0 spiro atoms. The summed E-state index contributed by atoms with van der Waals surface area (Å²) in [5, 5.41) is 7.78. The van der Waals surface area contributed by atoms with Crippen molar-refractivity contribution in [3.63, 3.8) is 0 Å². The van der Waals surface area contributed by atoms with Gasteiger partial charge in [-0.2, -0.15) is 0 Å². The predicted octanol–water partition coefficient (Wildman–Crippen LogP) is 16.1. The molecule has 0 saturated carbocycles. The van der Waals surface area contributed by atoms with E-state index in [0.29, 0.717) is 0 Å². The van der Waals surface area contributed by atoms with Gasteiger partial charge in [0.15, 0.2) is 0 Å². The van der Waals surface area contributed by atoms with E-state index >= 15 is 0 Å². The fraction of sp³-hybridized carbons (Fsp3) is 0.300. The van der Waals surface area contributed by atoms with Gasteiger partial charge in [0, 0.05) is 33.5 Å². The number of fused-ring (bicyclic) bond motifs is 9. The molecule has 2 nitrogen and oxygen atoms in total. The van der Waals surface area contributed by atoms with Gasteiger partial charge in [-0.05, 0) is 233 Å². The van der Waals surface area contributed by atoms with E-state index in [1.165, 1.54) is 161 Å². The number of aryl methyl sites for hydroxylation is 8. The van der Waals surface area contributed by atoms with Crippen LogP contribution >= 0.6 is 0 Å². The van der Waals surface area contributed by atoms with Crippen molar-refractivity contribution in [3.8, 4) is 0 Å². The van der Waals surface area contributed by atoms with Crippen molar-refractivity contribution >= 4 is 66.4 Å². The summed E-state index contributed by atoms with van der Waals surface area (Å²) < 4.78 is 0. The molecule has 0 atom stereocenters. The molecule has 0 heterocycles. The van der Waals surface area contributed by atoms with Crippen molar-refractivity contribution in [2.24, 2.45) is 0 Å². The minimum atomic E-state index is 0.206. The minimum absolute atomic E-state index is 0.206. The van der Waals surface area contributed by atoms with Crippen LogP contribution in [0, 0.1) is 13.8 Å². The normalized spacial score (nSPS) is 16.8. The Morgan fingerprint density at radius 1 is 0.355 bits per heavy atom. The number of benzene rings is 8. The quantitative estimate of drug-likeness (QED) is 0.154. The third kappa shape index (κ3) is 5.89. The van der Waals surface area contributed by atoms with Gasteiger partial charge in [-0.3, -0.25) is 0 Å². The second-order valence-corrected chi connectivity index (χ2v) is 20.6. The topological polar surface area (TPSA) is 6.48 Å². The third-order valence-electron chi connectivity index (χ3n) is 15.9. The van der Waals surface area contributed by atoms with Crippen molar-refractivity contribution in [2.75, 3.05) is 9.80 Å². The third-order valence-corrected chi connectivity index (χ3v) is 15.9. The Morgan fingerprint density at radius 2 is 0.758 bits per heavy atom. The first-order chi connectivity index (χ1) is 30.0. The highest BCUT2D eigenvalue weighted by molar-refractivity contribution is 6.24.